The Morgan fingerprint density at radius 2 is 1.95 bits per heavy atom. The van der Waals surface area contributed by atoms with Crippen LogP contribution in [0.3, 0.4) is 0 Å². The molecule has 0 N–H and O–H groups in total. The predicted molar refractivity (Wildman–Crippen MR) is 77.0 cm³/mol. The Morgan fingerprint density at radius 1 is 1.19 bits per heavy atom. The monoisotopic (exact) mass is 304 g/mol. The first-order valence-corrected chi connectivity index (χ1v) is 6.61. The van der Waals surface area contributed by atoms with E-state index in [9.17, 15) is 9.18 Å². The molecule has 21 heavy (non-hydrogen) atoms. The first-order chi connectivity index (χ1) is 10.1. The molecule has 106 valence electrons. The Balaban J connectivity index is 1.77. The molecular formula is C16H10ClFO3. The quantitative estimate of drug-likeness (QED) is 0.532. The van der Waals surface area contributed by atoms with Gasteiger partial charge in [0.05, 0.1) is 12.7 Å². The first kappa shape index (κ1) is 13.6. The van der Waals surface area contributed by atoms with E-state index in [1.54, 1.807) is 24.3 Å². The van der Waals surface area contributed by atoms with Crippen LogP contribution in [0.1, 0.15) is 5.56 Å². The largest absolute Gasteiger partial charge is 0.464 e. The lowest BCUT2D eigenvalue weighted by atomic mass is 10.1. The average molecular weight is 305 g/mol. The van der Waals surface area contributed by atoms with Crippen LogP contribution < -0.4 is 4.74 Å². The third-order valence-electron chi connectivity index (χ3n) is 3.00. The maximum Gasteiger partial charge on any atom is 0.315 e. The molecule has 1 heterocycles. The number of hydrogen-bond acceptors (Lipinski definition) is 3. The van der Waals surface area contributed by atoms with Crippen molar-refractivity contribution in [2.24, 2.45) is 0 Å². The number of fused-ring (bicyclic) bond motifs is 1. The van der Waals surface area contributed by atoms with Crippen LogP contribution in [0.2, 0.25) is 5.02 Å². The van der Waals surface area contributed by atoms with E-state index in [-0.39, 0.29) is 12.2 Å². The van der Waals surface area contributed by atoms with Crippen molar-refractivity contribution in [3.8, 4) is 5.75 Å². The number of esters is 1. The highest BCUT2D eigenvalue weighted by Crippen LogP contribution is 2.23. The van der Waals surface area contributed by atoms with Crippen molar-refractivity contribution in [3.63, 3.8) is 0 Å². The van der Waals surface area contributed by atoms with Gasteiger partial charge in [-0.25, -0.2) is 4.39 Å². The van der Waals surface area contributed by atoms with E-state index < -0.39 is 5.97 Å². The van der Waals surface area contributed by atoms with E-state index in [1.807, 2.05) is 0 Å². The maximum absolute atomic E-state index is 13.2. The van der Waals surface area contributed by atoms with Gasteiger partial charge in [-0.3, -0.25) is 4.79 Å². The van der Waals surface area contributed by atoms with Crippen molar-refractivity contribution in [3.05, 3.63) is 65.1 Å². The summed E-state index contributed by atoms with van der Waals surface area (Å²) >= 11 is 5.76. The standard InChI is InChI=1S/C16H10ClFO3/c17-11-1-4-13(5-2-11)21-16(19)7-10-9-20-15-6-3-12(18)8-14(10)15/h1-6,8-9H,7H2. The number of carbonyl (C=O) groups is 1. The van der Waals surface area contributed by atoms with E-state index in [2.05, 4.69) is 0 Å². The summed E-state index contributed by atoms with van der Waals surface area (Å²) in [5.74, 6) is -0.427. The van der Waals surface area contributed by atoms with Crippen molar-refractivity contribution in [1.29, 1.82) is 0 Å². The van der Waals surface area contributed by atoms with Crippen LogP contribution in [-0.4, -0.2) is 5.97 Å². The van der Waals surface area contributed by atoms with E-state index in [0.717, 1.165) is 0 Å². The van der Waals surface area contributed by atoms with Crippen molar-refractivity contribution < 1.29 is 18.3 Å². The number of halogens is 2. The van der Waals surface area contributed by atoms with Gasteiger partial charge in [-0.15, -0.1) is 0 Å². The van der Waals surface area contributed by atoms with E-state index in [1.165, 1.54) is 24.5 Å². The predicted octanol–water partition coefficient (Wildman–Crippen LogP) is 4.37. The van der Waals surface area contributed by atoms with Crippen LogP contribution in [0, 0.1) is 5.82 Å². The maximum atomic E-state index is 13.2. The molecule has 0 aliphatic heterocycles. The molecule has 0 saturated carbocycles. The molecule has 3 nitrogen and oxygen atoms in total. The summed E-state index contributed by atoms with van der Waals surface area (Å²) in [4.78, 5) is 11.9. The van der Waals surface area contributed by atoms with Gasteiger partial charge >= 0.3 is 5.97 Å². The SMILES string of the molecule is O=C(Cc1coc2ccc(F)cc12)Oc1ccc(Cl)cc1. The zero-order chi connectivity index (χ0) is 14.8. The lowest BCUT2D eigenvalue weighted by Crippen LogP contribution is -2.10. The zero-order valence-corrected chi connectivity index (χ0v) is 11.6. The fraction of sp³-hybridized carbons (Fsp3) is 0.0625. The van der Waals surface area contributed by atoms with Gasteiger partial charge in [-0.05, 0) is 42.5 Å². The fourth-order valence-corrected chi connectivity index (χ4v) is 2.14. The molecule has 0 fully saturated rings. The van der Waals surface area contributed by atoms with Crippen LogP contribution in [0.5, 0.6) is 5.75 Å². The third kappa shape index (κ3) is 3.06. The molecule has 0 atom stereocenters. The summed E-state index contributed by atoms with van der Waals surface area (Å²) in [5, 5.41) is 1.13. The Bertz CT molecular complexity index is 793. The third-order valence-corrected chi connectivity index (χ3v) is 3.25. The summed E-state index contributed by atoms with van der Waals surface area (Å²) in [6, 6.07) is 10.6. The number of rotatable bonds is 3. The van der Waals surface area contributed by atoms with Crippen LogP contribution >= 0.6 is 11.6 Å². The molecule has 0 bridgehead atoms. The van der Waals surface area contributed by atoms with Crippen LogP contribution in [-0.2, 0) is 11.2 Å². The van der Waals surface area contributed by atoms with E-state index in [4.69, 9.17) is 20.8 Å². The summed E-state index contributed by atoms with van der Waals surface area (Å²) in [6.07, 6.45) is 1.44. The molecule has 0 aliphatic rings. The van der Waals surface area contributed by atoms with Crippen molar-refractivity contribution in [2.45, 2.75) is 6.42 Å². The number of carbonyl (C=O) groups excluding carboxylic acids is 1. The van der Waals surface area contributed by atoms with Gasteiger partial charge in [-0.1, -0.05) is 11.6 Å². The molecule has 3 aromatic rings. The normalized spacial score (nSPS) is 10.8. The van der Waals surface area contributed by atoms with Crippen LogP contribution in [0.15, 0.2) is 53.1 Å². The summed E-state index contributed by atoms with van der Waals surface area (Å²) < 4.78 is 23.7. The van der Waals surface area contributed by atoms with Crippen molar-refractivity contribution >= 4 is 28.5 Å². The lowest BCUT2D eigenvalue weighted by molar-refractivity contribution is -0.133. The Labute approximate surface area is 124 Å². The molecule has 0 amide bonds. The summed E-state index contributed by atoms with van der Waals surface area (Å²) in [7, 11) is 0. The second-order valence-electron chi connectivity index (χ2n) is 4.51. The molecule has 0 spiro atoms. The average Bonchev–Trinajstić information content (AvgIpc) is 2.84. The molecule has 0 saturated heterocycles. The molecule has 0 aliphatic carbocycles. The van der Waals surface area contributed by atoms with Gasteiger partial charge in [0.15, 0.2) is 0 Å². The van der Waals surface area contributed by atoms with Gasteiger partial charge in [0, 0.05) is 16.0 Å². The van der Waals surface area contributed by atoms with E-state index >= 15 is 0 Å². The van der Waals surface area contributed by atoms with Crippen LogP contribution in [0.4, 0.5) is 4.39 Å². The Hall–Kier alpha value is -2.33. The van der Waals surface area contributed by atoms with Crippen molar-refractivity contribution in [1.82, 2.24) is 0 Å². The fourth-order valence-electron chi connectivity index (χ4n) is 2.02. The highest BCUT2D eigenvalue weighted by Gasteiger charge is 2.13. The molecular weight excluding hydrogens is 295 g/mol. The number of furan rings is 1. The van der Waals surface area contributed by atoms with Gasteiger partial charge in [0.25, 0.3) is 0 Å². The molecule has 0 unspecified atom stereocenters. The van der Waals surface area contributed by atoms with Gasteiger partial charge < -0.3 is 9.15 Å². The minimum absolute atomic E-state index is 0.000913. The summed E-state index contributed by atoms with van der Waals surface area (Å²) in [5.41, 5.74) is 1.12. The molecule has 2 aromatic carbocycles. The molecule has 1 aromatic heterocycles. The molecule has 0 radical (unpaired) electrons. The minimum Gasteiger partial charge on any atom is -0.464 e. The number of benzene rings is 2. The molecule has 3 rings (SSSR count). The lowest BCUT2D eigenvalue weighted by Gasteiger charge is -2.03. The van der Waals surface area contributed by atoms with Crippen molar-refractivity contribution in [2.75, 3.05) is 0 Å². The second kappa shape index (κ2) is 5.58. The van der Waals surface area contributed by atoms with Crippen LogP contribution in [0.25, 0.3) is 11.0 Å². The Morgan fingerprint density at radius 3 is 2.71 bits per heavy atom. The van der Waals surface area contributed by atoms with Gasteiger partial charge in [-0.2, -0.15) is 0 Å². The highest BCUT2D eigenvalue weighted by molar-refractivity contribution is 6.30. The first-order valence-electron chi connectivity index (χ1n) is 6.24. The second-order valence-corrected chi connectivity index (χ2v) is 4.94. The molecule has 5 heteroatoms. The topological polar surface area (TPSA) is 39.4 Å². The van der Waals surface area contributed by atoms with Gasteiger partial charge in [0.2, 0.25) is 0 Å². The zero-order valence-electron chi connectivity index (χ0n) is 10.8. The number of hydrogen-bond donors (Lipinski definition) is 0. The highest BCUT2D eigenvalue weighted by atomic mass is 35.5. The Kier molecular flexibility index (Phi) is 3.62. The minimum atomic E-state index is -0.454. The van der Waals surface area contributed by atoms with Gasteiger partial charge in [0.1, 0.15) is 17.1 Å². The summed E-state index contributed by atoms with van der Waals surface area (Å²) in [6.45, 7) is 0. The van der Waals surface area contributed by atoms with E-state index in [0.29, 0.717) is 27.3 Å². The smallest absolute Gasteiger partial charge is 0.315 e. The number of ether oxygens (including phenoxy) is 1.